The van der Waals surface area contributed by atoms with Crippen LogP contribution in [0.15, 0.2) is 24.3 Å². The fourth-order valence-corrected chi connectivity index (χ4v) is 3.03. The Morgan fingerprint density at radius 2 is 1.75 bits per heavy atom. The van der Waals surface area contributed by atoms with Crippen LogP contribution in [-0.2, 0) is 0 Å². The van der Waals surface area contributed by atoms with Gasteiger partial charge in [0.1, 0.15) is 0 Å². The molecule has 1 fully saturated rings. The number of amides is 1. The van der Waals surface area contributed by atoms with Crippen molar-refractivity contribution in [2.75, 3.05) is 25.9 Å². The van der Waals surface area contributed by atoms with Gasteiger partial charge in [-0.05, 0) is 32.2 Å². The van der Waals surface area contributed by atoms with Crippen molar-refractivity contribution in [1.29, 1.82) is 0 Å². The van der Waals surface area contributed by atoms with E-state index in [1.807, 2.05) is 4.90 Å². The van der Waals surface area contributed by atoms with E-state index in [9.17, 15) is 9.59 Å². The van der Waals surface area contributed by atoms with Crippen LogP contribution in [0.1, 0.15) is 34.6 Å². The molecule has 0 N–H and O–H groups in total. The van der Waals surface area contributed by atoms with E-state index in [4.69, 9.17) is 0 Å². The number of ketones is 1. The second-order valence-electron chi connectivity index (χ2n) is 5.05. The van der Waals surface area contributed by atoms with Crippen LogP contribution in [0.25, 0.3) is 0 Å². The number of hydrogen-bond donors (Lipinski definition) is 0. The molecule has 1 aromatic carbocycles. The summed E-state index contributed by atoms with van der Waals surface area (Å²) in [6.07, 6.45) is 2.06. The minimum Gasteiger partial charge on any atom is -0.333 e. The molecule has 1 atom stereocenters. The summed E-state index contributed by atoms with van der Waals surface area (Å²) in [4.78, 5) is 25.7. The monoisotopic (exact) mass is 292 g/mol. The number of hydrogen-bond acceptors (Lipinski definition) is 4. The maximum atomic E-state index is 12.5. The average molecular weight is 292 g/mol. The topological polar surface area (TPSA) is 40.6 Å². The van der Waals surface area contributed by atoms with E-state index in [-0.39, 0.29) is 17.7 Å². The van der Waals surface area contributed by atoms with Crippen LogP contribution in [0.5, 0.6) is 0 Å². The molecule has 0 radical (unpaired) electrons. The van der Waals surface area contributed by atoms with Gasteiger partial charge in [-0.3, -0.25) is 9.59 Å². The normalized spacial score (nSPS) is 19.9. The Kier molecular flexibility index (Phi) is 4.83. The van der Waals surface area contributed by atoms with Gasteiger partial charge < -0.3 is 4.90 Å². The molecule has 108 valence electrons. The van der Waals surface area contributed by atoms with Gasteiger partial charge in [0.25, 0.3) is 5.91 Å². The third kappa shape index (κ3) is 3.22. The van der Waals surface area contributed by atoms with Gasteiger partial charge in [-0.25, -0.2) is 4.31 Å². The third-order valence-corrected chi connectivity index (χ3v) is 4.50. The molecule has 1 heterocycles. The standard InChI is InChI=1S/C15H20N2O2S/c1-11-10-16(20-3)8-9-17(11)15(19)14-6-4-13(5-7-14)12(2)18/h4-7,11H,8-10H2,1-3H3. The van der Waals surface area contributed by atoms with Crippen molar-refractivity contribution in [3.05, 3.63) is 35.4 Å². The van der Waals surface area contributed by atoms with Gasteiger partial charge in [0.2, 0.25) is 0 Å². The number of piperazine rings is 1. The van der Waals surface area contributed by atoms with E-state index in [1.54, 1.807) is 36.2 Å². The van der Waals surface area contributed by atoms with Gasteiger partial charge in [0, 0.05) is 36.8 Å². The summed E-state index contributed by atoms with van der Waals surface area (Å²) in [6.45, 7) is 6.13. The number of carbonyl (C=O) groups excluding carboxylic acids is 2. The molecular weight excluding hydrogens is 272 g/mol. The van der Waals surface area contributed by atoms with E-state index in [2.05, 4.69) is 17.5 Å². The lowest BCUT2D eigenvalue weighted by molar-refractivity contribution is 0.0601. The van der Waals surface area contributed by atoms with Gasteiger partial charge in [0.15, 0.2) is 5.78 Å². The Labute approximate surface area is 124 Å². The summed E-state index contributed by atoms with van der Waals surface area (Å²) in [5.74, 6) is 0.0688. The Morgan fingerprint density at radius 1 is 1.15 bits per heavy atom. The minimum atomic E-state index is 0.0194. The highest BCUT2D eigenvalue weighted by Gasteiger charge is 2.27. The SMILES string of the molecule is CSN1CCN(C(=O)c2ccc(C(C)=O)cc2)C(C)C1. The Morgan fingerprint density at radius 3 is 2.25 bits per heavy atom. The summed E-state index contributed by atoms with van der Waals surface area (Å²) < 4.78 is 2.27. The first-order chi connectivity index (χ1) is 9.52. The maximum Gasteiger partial charge on any atom is 0.254 e. The molecule has 5 heteroatoms. The van der Waals surface area contributed by atoms with Crippen molar-refractivity contribution in [3.8, 4) is 0 Å². The third-order valence-electron chi connectivity index (χ3n) is 3.65. The summed E-state index contributed by atoms with van der Waals surface area (Å²) >= 11 is 1.72. The average Bonchev–Trinajstić information content (AvgIpc) is 2.46. The number of benzene rings is 1. The molecule has 1 aromatic rings. The Balaban J connectivity index is 2.09. The summed E-state index contributed by atoms with van der Waals surface area (Å²) in [5.41, 5.74) is 1.29. The Bertz CT molecular complexity index is 501. The van der Waals surface area contributed by atoms with Crippen molar-refractivity contribution in [3.63, 3.8) is 0 Å². The zero-order valence-corrected chi connectivity index (χ0v) is 12.9. The van der Waals surface area contributed by atoms with Crippen molar-refractivity contribution < 1.29 is 9.59 Å². The van der Waals surface area contributed by atoms with Crippen LogP contribution in [-0.4, -0.2) is 52.8 Å². The molecule has 1 unspecified atom stereocenters. The van der Waals surface area contributed by atoms with Gasteiger partial charge in [-0.15, -0.1) is 0 Å². The molecule has 0 aromatic heterocycles. The second-order valence-corrected chi connectivity index (χ2v) is 5.93. The first kappa shape index (κ1) is 15.1. The van der Waals surface area contributed by atoms with Gasteiger partial charge >= 0.3 is 0 Å². The van der Waals surface area contributed by atoms with Crippen molar-refractivity contribution >= 4 is 23.6 Å². The van der Waals surface area contributed by atoms with Crippen LogP contribution in [0, 0.1) is 0 Å². The molecule has 0 spiro atoms. The fourth-order valence-electron chi connectivity index (χ4n) is 2.41. The molecule has 1 aliphatic heterocycles. The van der Waals surface area contributed by atoms with E-state index >= 15 is 0 Å². The number of Topliss-reactive ketones (excluding diaryl/α,β-unsaturated/α-hetero) is 1. The molecule has 1 saturated heterocycles. The largest absolute Gasteiger partial charge is 0.333 e. The highest BCUT2D eigenvalue weighted by atomic mass is 32.2. The molecule has 20 heavy (non-hydrogen) atoms. The summed E-state index contributed by atoms with van der Waals surface area (Å²) in [5, 5.41) is 0. The lowest BCUT2D eigenvalue weighted by atomic mass is 10.1. The van der Waals surface area contributed by atoms with Crippen molar-refractivity contribution in [1.82, 2.24) is 9.21 Å². The molecule has 0 aliphatic carbocycles. The number of nitrogens with zero attached hydrogens (tertiary/aromatic N) is 2. The van der Waals surface area contributed by atoms with Crippen LogP contribution >= 0.6 is 11.9 Å². The van der Waals surface area contributed by atoms with Gasteiger partial charge in [0.05, 0.1) is 0 Å². The molecule has 0 bridgehead atoms. The highest BCUT2D eigenvalue weighted by molar-refractivity contribution is 7.96. The molecule has 4 nitrogen and oxygen atoms in total. The lowest BCUT2D eigenvalue weighted by Gasteiger charge is -2.38. The van der Waals surface area contributed by atoms with E-state index in [1.165, 1.54) is 6.92 Å². The number of rotatable bonds is 3. The number of carbonyl (C=O) groups is 2. The zero-order chi connectivity index (χ0) is 14.7. The van der Waals surface area contributed by atoms with E-state index in [0.29, 0.717) is 11.1 Å². The van der Waals surface area contributed by atoms with E-state index in [0.717, 1.165) is 19.6 Å². The molecule has 1 aliphatic rings. The van der Waals surface area contributed by atoms with Crippen LogP contribution < -0.4 is 0 Å². The lowest BCUT2D eigenvalue weighted by Crippen LogP contribution is -2.51. The first-order valence-corrected chi connectivity index (χ1v) is 7.92. The van der Waals surface area contributed by atoms with Crippen molar-refractivity contribution in [2.45, 2.75) is 19.9 Å². The predicted molar refractivity (Wildman–Crippen MR) is 82.0 cm³/mol. The second kappa shape index (κ2) is 6.41. The van der Waals surface area contributed by atoms with Gasteiger partial charge in [-0.2, -0.15) is 0 Å². The molecule has 1 amide bonds. The summed E-state index contributed by atoms with van der Waals surface area (Å²) in [6, 6.07) is 7.13. The first-order valence-electron chi connectivity index (χ1n) is 6.74. The molecule has 2 rings (SSSR count). The van der Waals surface area contributed by atoms with Crippen LogP contribution in [0.3, 0.4) is 0 Å². The Hall–Kier alpha value is -1.33. The van der Waals surface area contributed by atoms with Gasteiger partial charge in [-0.1, -0.05) is 24.1 Å². The molecular formula is C15H20N2O2S. The van der Waals surface area contributed by atoms with Crippen molar-refractivity contribution in [2.24, 2.45) is 0 Å². The van der Waals surface area contributed by atoms with Crippen LogP contribution in [0.2, 0.25) is 0 Å². The zero-order valence-electron chi connectivity index (χ0n) is 12.1. The minimum absolute atomic E-state index is 0.0194. The van der Waals surface area contributed by atoms with E-state index < -0.39 is 0 Å². The fraction of sp³-hybridized carbons (Fsp3) is 0.467. The summed E-state index contributed by atoms with van der Waals surface area (Å²) in [7, 11) is 0. The smallest absolute Gasteiger partial charge is 0.254 e. The predicted octanol–water partition coefficient (Wildman–Crippen LogP) is 2.31. The molecule has 0 saturated carbocycles. The quantitative estimate of drug-likeness (QED) is 0.633. The maximum absolute atomic E-state index is 12.5. The highest BCUT2D eigenvalue weighted by Crippen LogP contribution is 2.18. The van der Waals surface area contributed by atoms with Crippen LogP contribution in [0.4, 0.5) is 0 Å².